The molecule has 0 bridgehead atoms. The van der Waals surface area contributed by atoms with Crippen LogP contribution in [0.2, 0.25) is 0 Å². The first-order valence-electron chi connectivity index (χ1n) is 10.1. The molecular weight excluding hydrogens is 348 g/mol. The average Bonchev–Trinajstić information content (AvgIpc) is 2.70. The Morgan fingerprint density at radius 3 is 2.29 bits per heavy atom. The van der Waals surface area contributed by atoms with E-state index in [4.69, 9.17) is 0 Å². The van der Waals surface area contributed by atoms with Crippen LogP contribution in [0, 0.1) is 6.92 Å². The predicted octanol–water partition coefficient (Wildman–Crippen LogP) is 4.04. The molecule has 150 valence electrons. The van der Waals surface area contributed by atoms with Gasteiger partial charge in [0.1, 0.15) is 6.04 Å². The SMILES string of the molecule is CCNC(=O)C(C)N(Cc1cccc(C)c1)C(=O)CCc1ccc(CC)cc1. The number of hydrogen-bond donors (Lipinski definition) is 1. The van der Waals surface area contributed by atoms with Crippen LogP contribution in [0.4, 0.5) is 0 Å². The Morgan fingerprint density at radius 1 is 1.00 bits per heavy atom. The molecule has 4 nitrogen and oxygen atoms in total. The Kier molecular flexibility index (Phi) is 8.24. The Morgan fingerprint density at radius 2 is 1.68 bits per heavy atom. The lowest BCUT2D eigenvalue weighted by Gasteiger charge is -2.29. The molecule has 0 aliphatic heterocycles. The molecule has 2 rings (SSSR count). The van der Waals surface area contributed by atoms with Gasteiger partial charge in [-0.05, 0) is 50.3 Å². The van der Waals surface area contributed by atoms with E-state index in [-0.39, 0.29) is 11.8 Å². The quantitative estimate of drug-likeness (QED) is 0.714. The van der Waals surface area contributed by atoms with Gasteiger partial charge in [0.15, 0.2) is 0 Å². The van der Waals surface area contributed by atoms with E-state index in [9.17, 15) is 9.59 Å². The summed E-state index contributed by atoms with van der Waals surface area (Å²) in [6, 6.07) is 16.0. The molecule has 1 N–H and O–H groups in total. The first-order valence-corrected chi connectivity index (χ1v) is 10.1. The zero-order valence-corrected chi connectivity index (χ0v) is 17.5. The lowest BCUT2D eigenvalue weighted by molar-refractivity contribution is -0.140. The van der Waals surface area contributed by atoms with Crippen LogP contribution >= 0.6 is 0 Å². The molecule has 0 fully saturated rings. The second kappa shape index (κ2) is 10.6. The molecule has 0 radical (unpaired) electrons. The molecule has 0 aliphatic carbocycles. The fourth-order valence-corrected chi connectivity index (χ4v) is 3.25. The van der Waals surface area contributed by atoms with Gasteiger partial charge in [0.2, 0.25) is 11.8 Å². The van der Waals surface area contributed by atoms with Crippen molar-refractivity contribution in [3.8, 4) is 0 Å². The highest BCUT2D eigenvalue weighted by Crippen LogP contribution is 2.14. The van der Waals surface area contributed by atoms with Crippen LogP contribution in [-0.4, -0.2) is 29.3 Å². The number of carbonyl (C=O) groups is 2. The van der Waals surface area contributed by atoms with E-state index in [1.54, 1.807) is 11.8 Å². The molecule has 2 amide bonds. The van der Waals surface area contributed by atoms with Gasteiger partial charge < -0.3 is 10.2 Å². The van der Waals surface area contributed by atoms with Crippen molar-refractivity contribution in [2.75, 3.05) is 6.54 Å². The first kappa shape index (κ1) is 21.7. The molecule has 0 aromatic heterocycles. The fraction of sp³-hybridized carbons (Fsp3) is 0.417. The molecule has 0 spiro atoms. The zero-order chi connectivity index (χ0) is 20.5. The maximum Gasteiger partial charge on any atom is 0.242 e. The van der Waals surface area contributed by atoms with Crippen molar-refractivity contribution >= 4 is 11.8 Å². The van der Waals surface area contributed by atoms with E-state index in [1.807, 2.05) is 32.0 Å². The minimum atomic E-state index is -0.504. The summed E-state index contributed by atoms with van der Waals surface area (Å²) in [7, 11) is 0. The van der Waals surface area contributed by atoms with Crippen LogP contribution < -0.4 is 5.32 Å². The van der Waals surface area contributed by atoms with Crippen molar-refractivity contribution in [3.05, 3.63) is 70.8 Å². The van der Waals surface area contributed by atoms with Crippen LogP contribution in [0.25, 0.3) is 0 Å². The molecule has 4 heteroatoms. The second-order valence-electron chi connectivity index (χ2n) is 7.25. The zero-order valence-electron chi connectivity index (χ0n) is 17.5. The Bertz CT molecular complexity index is 783. The first-order chi connectivity index (χ1) is 13.4. The molecule has 1 atom stereocenters. The van der Waals surface area contributed by atoms with Gasteiger partial charge in [0.25, 0.3) is 0 Å². The standard InChI is InChI=1S/C24H32N2O2/c1-5-20-10-12-21(13-11-20)14-15-23(27)26(19(4)24(28)25-6-2)17-22-9-7-8-18(3)16-22/h7-13,16,19H,5-6,14-15,17H2,1-4H3,(H,25,28). The van der Waals surface area contributed by atoms with Crippen LogP contribution in [0.15, 0.2) is 48.5 Å². The minimum Gasteiger partial charge on any atom is -0.355 e. The van der Waals surface area contributed by atoms with Crippen molar-refractivity contribution < 1.29 is 9.59 Å². The van der Waals surface area contributed by atoms with E-state index in [0.717, 1.165) is 23.1 Å². The maximum absolute atomic E-state index is 13.0. The van der Waals surface area contributed by atoms with Crippen LogP contribution in [-0.2, 0) is 29.0 Å². The third kappa shape index (κ3) is 6.22. The van der Waals surface area contributed by atoms with Crippen LogP contribution in [0.3, 0.4) is 0 Å². The Hall–Kier alpha value is -2.62. The highest BCUT2D eigenvalue weighted by atomic mass is 16.2. The van der Waals surface area contributed by atoms with Crippen molar-refractivity contribution in [3.63, 3.8) is 0 Å². The number of carbonyl (C=O) groups excluding carboxylic acids is 2. The molecule has 0 saturated heterocycles. The highest BCUT2D eigenvalue weighted by molar-refractivity contribution is 5.87. The van der Waals surface area contributed by atoms with E-state index >= 15 is 0 Å². The van der Waals surface area contributed by atoms with Gasteiger partial charge in [0, 0.05) is 19.5 Å². The van der Waals surface area contributed by atoms with Gasteiger partial charge in [-0.2, -0.15) is 0 Å². The third-order valence-corrected chi connectivity index (χ3v) is 5.01. The summed E-state index contributed by atoms with van der Waals surface area (Å²) in [6.07, 6.45) is 2.07. The summed E-state index contributed by atoms with van der Waals surface area (Å²) >= 11 is 0. The summed E-state index contributed by atoms with van der Waals surface area (Å²) in [5, 5.41) is 2.83. The molecule has 1 unspecified atom stereocenters. The summed E-state index contributed by atoms with van der Waals surface area (Å²) in [5.41, 5.74) is 4.62. The summed E-state index contributed by atoms with van der Waals surface area (Å²) < 4.78 is 0. The second-order valence-corrected chi connectivity index (χ2v) is 7.25. The monoisotopic (exact) mass is 380 g/mol. The van der Waals surface area contributed by atoms with Crippen LogP contribution in [0.5, 0.6) is 0 Å². The lowest BCUT2D eigenvalue weighted by Crippen LogP contribution is -2.47. The fourth-order valence-electron chi connectivity index (χ4n) is 3.25. The molecule has 2 aromatic carbocycles. The van der Waals surface area contributed by atoms with Gasteiger partial charge in [-0.25, -0.2) is 0 Å². The van der Waals surface area contributed by atoms with E-state index < -0.39 is 6.04 Å². The Balaban J connectivity index is 2.11. The van der Waals surface area contributed by atoms with Gasteiger partial charge in [-0.3, -0.25) is 9.59 Å². The van der Waals surface area contributed by atoms with Gasteiger partial charge in [0.05, 0.1) is 0 Å². The number of nitrogens with one attached hydrogen (secondary N) is 1. The molecule has 2 aromatic rings. The number of nitrogens with zero attached hydrogens (tertiary/aromatic N) is 1. The average molecular weight is 381 g/mol. The Labute approximate surface area is 169 Å². The number of aryl methyl sites for hydroxylation is 3. The van der Waals surface area contributed by atoms with Crippen molar-refractivity contribution in [1.82, 2.24) is 10.2 Å². The summed E-state index contributed by atoms with van der Waals surface area (Å²) in [4.78, 5) is 27.1. The van der Waals surface area contributed by atoms with E-state index in [0.29, 0.717) is 25.9 Å². The minimum absolute atomic E-state index is 0.000160. The van der Waals surface area contributed by atoms with Gasteiger partial charge in [-0.1, -0.05) is 61.0 Å². The smallest absolute Gasteiger partial charge is 0.242 e. The number of benzene rings is 2. The largest absolute Gasteiger partial charge is 0.355 e. The lowest BCUT2D eigenvalue weighted by atomic mass is 10.0. The van der Waals surface area contributed by atoms with Gasteiger partial charge in [-0.15, -0.1) is 0 Å². The normalized spacial score (nSPS) is 11.7. The number of hydrogen-bond acceptors (Lipinski definition) is 2. The van der Waals surface area contributed by atoms with Crippen molar-refractivity contribution in [1.29, 1.82) is 0 Å². The summed E-state index contributed by atoms with van der Waals surface area (Å²) in [5.74, 6) is -0.115. The molecule has 0 aliphatic rings. The third-order valence-electron chi connectivity index (χ3n) is 5.01. The predicted molar refractivity (Wildman–Crippen MR) is 114 cm³/mol. The van der Waals surface area contributed by atoms with Crippen molar-refractivity contribution in [2.24, 2.45) is 0 Å². The van der Waals surface area contributed by atoms with Gasteiger partial charge >= 0.3 is 0 Å². The van der Waals surface area contributed by atoms with Crippen molar-refractivity contribution in [2.45, 2.75) is 59.5 Å². The van der Waals surface area contributed by atoms with Crippen LogP contribution in [0.1, 0.15) is 49.4 Å². The van der Waals surface area contributed by atoms with E-state index in [2.05, 4.69) is 42.6 Å². The number of rotatable bonds is 9. The summed E-state index contributed by atoms with van der Waals surface area (Å²) in [6.45, 7) is 8.84. The topological polar surface area (TPSA) is 49.4 Å². The molecular formula is C24H32N2O2. The number of amides is 2. The highest BCUT2D eigenvalue weighted by Gasteiger charge is 2.25. The molecule has 28 heavy (non-hydrogen) atoms. The molecule has 0 heterocycles. The van der Waals surface area contributed by atoms with E-state index in [1.165, 1.54) is 5.56 Å². The maximum atomic E-state index is 13.0. The number of likely N-dealkylation sites (N-methyl/N-ethyl adjacent to an activating group) is 1. The molecule has 0 saturated carbocycles.